The molecule has 1 fully saturated rings. The van der Waals surface area contributed by atoms with Crippen LogP contribution in [0.1, 0.15) is 51.2 Å². The Bertz CT molecular complexity index is 616. The summed E-state index contributed by atoms with van der Waals surface area (Å²) in [5.74, 6) is 0.811. The van der Waals surface area contributed by atoms with Crippen molar-refractivity contribution < 1.29 is 4.79 Å². The minimum atomic E-state index is 0.174. The van der Waals surface area contributed by atoms with E-state index in [0.717, 1.165) is 49.7 Å². The Morgan fingerprint density at radius 2 is 1.85 bits per heavy atom. The van der Waals surface area contributed by atoms with E-state index in [1.165, 1.54) is 11.1 Å². The topological polar surface area (TPSA) is 35.6 Å². The van der Waals surface area contributed by atoms with Gasteiger partial charge in [0.25, 0.3) is 0 Å². The van der Waals surface area contributed by atoms with Crippen molar-refractivity contribution in [1.82, 2.24) is 9.80 Å². The van der Waals surface area contributed by atoms with Crippen LogP contribution in [-0.4, -0.2) is 46.5 Å². The molecule has 0 radical (unpaired) electrons. The number of aryl methyl sites for hydroxylation is 2. The zero-order chi connectivity index (χ0) is 19.3. The van der Waals surface area contributed by atoms with E-state index in [0.29, 0.717) is 12.0 Å². The Labute approximate surface area is 163 Å². The predicted molar refractivity (Wildman–Crippen MR) is 114 cm³/mol. The maximum absolute atomic E-state index is 11.6. The Morgan fingerprint density at radius 3 is 2.35 bits per heavy atom. The van der Waals surface area contributed by atoms with Crippen LogP contribution in [-0.2, 0) is 4.79 Å². The summed E-state index contributed by atoms with van der Waals surface area (Å²) in [6.45, 7) is 13.0. The number of carbonyl (C=O) groups excluding carboxylic acids is 1. The second-order valence-corrected chi connectivity index (χ2v) is 8.20. The number of likely N-dealkylation sites (tertiary alicyclic amines) is 1. The van der Waals surface area contributed by atoms with Crippen molar-refractivity contribution in [2.24, 2.45) is 5.92 Å². The summed E-state index contributed by atoms with van der Waals surface area (Å²) in [5.41, 5.74) is 3.54. The van der Waals surface area contributed by atoms with E-state index in [-0.39, 0.29) is 5.91 Å². The third-order valence-corrected chi connectivity index (χ3v) is 5.61. The number of rotatable bonds is 5. The second-order valence-electron chi connectivity index (χ2n) is 7.81. The van der Waals surface area contributed by atoms with Gasteiger partial charge in [-0.25, -0.2) is 0 Å². The molecule has 1 aliphatic rings. The predicted octanol–water partition coefficient (Wildman–Crippen LogP) is 4.36. The Balaban J connectivity index is 2.11. The van der Waals surface area contributed by atoms with Gasteiger partial charge in [0.1, 0.15) is 0 Å². The van der Waals surface area contributed by atoms with E-state index in [4.69, 9.17) is 12.2 Å². The molecule has 26 heavy (non-hydrogen) atoms. The van der Waals surface area contributed by atoms with E-state index in [1.807, 2.05) is 4.90 Å². The Morgan fingerprint density at radius 1 is 1.27 bits per heavy atom. The molecule has 144 valence electrons. The molecular formula is C21H33N3OS. The molecular weight excluding hydrogens is 342 g/mol. The summed E-state index contributed by atoms with van der Waals surface area (Å²) in [7, 11) is 0. The minimum absolute atomic E-state index is 0.174. The lowest BCUT2D eigenvalue weighted by Gasteiger charge is -2.40. The molecule has 5 heteroatoms. The summed E-state index contributed by atoms with van der Waals surface area (Å²) in [6, 6.07) is 6.70. The lowest BCUT2D eigenvalue weighted by molar-refractivity contribution is -0.130. The van der Waals surface area contributed by atoms with Crippen molar-refractivity contribution in [3.05, 3.63) is 29.3 Å². The third-order valence-electron chi connectivity index (χ3n) is 5.27. The summed E-state index contributed by atoms with van der Waals surface area (Å²) in [6.07, 6.45) is 3.07. The van der Waals surface area contributed by atoms with E-state index >= 15 is 0 Å². The second kappa shape index (κ2) is 9.36. The number of nitrogens with one attached hydrogen (secondary N) is 1. The summed E-state index contributed by atoms with van der Waals surface area (Å²) >= 11 is 5.82. The maximum atomic E-state index is 11.6. The van der Waals surface area contributed by atoms with Gasteiger partial charge >= 0.3 is 0 Å². The number of piperidine rings is 1. The number of thiocarbonyl (C=S) groups is 1. The molecule has 0 aliphatic carbocycles. The van der Waals surface area contributed by atoms with Crippen molar-refractivity contribution in [2.45, 2.75) is 59.9 Å². The van der Waals surface area contributed by atoms with Crippen LogP contribution in [0.25, 0.3) is 0 Å². The average molecular weight is 376 g/mol. The van der Waals surface area contributed by atoms with Gasteiger partial charge in [0, 0.05) is 38.3 Å². The fraction of sp³-hybridized carbons (Fsp3) is 0.619. The van der Waals surface area contributed by atoms with Crippen LogP contribution in [0.15, 0.2) is 18.2 Å². The van der Waals surface area contributed by atoms with Crippen LogP contribution in [0.4, 0.5) is 5.69 Å². The Hall–Kier alpha value is -1.62. The molecule has 1 aromatic rings. The number of nitrogens with zero attached hydrogens (tertiary/aromatic N) is 2. The number of amides is 1. The van der Waals surface area contributed by atoms with Gasteiger partial charge in [0.05, 0.1) is 0 Å². The standard InChI is InChI=1S/C21H33N3OS/c1-15(2)9-14-24(19-10-12-23(13-11-19)18(5)25)21(26)22-20-16(3)7-6-8-17(20)4/h6-8,15,19H,9-14H2,1-5H3,(H,22,26). The molecule has 4 nitrogen and oxygen atoms in total. The number of carbonyl (C=O) groups is 1. The molecule has 1 N–H and O–H groups in total. The lowest BCUT2D eigenvalue weighted by Crippen LogP contribution is -2.50. The maximum Gasteiger partial charge on any atom is 0.219 e. The van der Waals surface area contributed by atoms with Crippen LogP contribution in [0.5, 0.6) is 0 Å². The van der Waals surface area contributed by atoms with Gasteiger partial charge in [-0.2, -0.15) is 0 Å². The van der Waals surface area contributed by atoms with Gasteiger partial charge in [-0.15, -0.1) is 0 Å². The first-order chi connectivity index (χ1) is 12.3. The molecule has 1 amide bonds. The average Bonchev–Trinajstić information content (AvgIpc) is 2.58. The molecule has 0 unspecified atom stereocenters. The highest BCUT2D eigenvalue weighted by Crippen LogP contribution is 2.23. The van der Waals surface area contributed by atoms with Gasteiger partial charge < -0.3 is 15.1 Å². The molecule has 0 bridgehead atoms. The van der Waals surface area contributed by atoms with Gasteiger partial charge in [0.15, 0.2) is 5.11 Å². The smallest absolute Gasteiger partial charge is 0.219 e. The van der Waals surface area contributed by atoms with E-state index in [2.05, 4.69) is 56.1 Å². The lowest BCUT2D eigenvalue weighted by atomic mass is 10.0. The largest absolute Gasteiger partial charge is 0.346 e. The zero-order valence-electron chi connectivity index (χ0n) is 16.8. The van der Waals surface area contributed by atoms with Crippen molar-refractivity contribution in [3.63, 3.8) is 0 Å². The molecule has 0 saturated carbocycles. The van der Waals surface area contributed by atoms with E-state index in [9.17, 15) is 4.79 Å². The fourth-order valence-electron chi connectivity index (χ4n) is 3.53. The van der Waals surface area contributed by atoms with Gasteiger partial charge in [-0.05, 0) is 62.4 Å². The molecule has 1 saturated heterocycles. The normalized spacial score (nSPS) is 15.2. The van der Waals surface area contributed by atoms with E-state index in [1.54, 1.807) is 6.92 Å². The molecule has 1 aromatic carbocycles. The number of benzene rings is 1. The van der Waals surface area contributed by atoms with Gasteiger partial charge in [-0.3, -0.25) is 4.79 Å². The van der Waals surface area contributed by atoms with E-state index < -0.39 is 0 Å². The first kappa shape index (κ1) is 20.7. The molecule has 0 atom stereocenters. The van der Waals surface area contributed by atoms with Gasteiger partial charge in [-0.1, -0.05) is 32.0 Å². The molecule has 0 spiro atoms. The quantitative estimate of drug-likeness (QED) is 0.776. The zero-order valence-corrected chi connectivity index (χ0v) is 17.7. The number of hydrogen-bond donors (Lipinski definition) is 1. The molecule has 0 aromatic heterocycles. The summed E-state index contributed by atoms with van der Waals surface area (Å²) in [4.78, 5) is 15.9. The molecule has 2 rings (SSSR count). The summed E-state index contributed by atoms with van der Waals surface area (Å²) in [5, 5.41) is 4.32. The number of para-hydroxylation sites is 1. The molecule has 1 aliphatic heterocycles. The van der Waals surface area contributed by atoms with Crippen molar-refractivity contribution in [3.8, 4) is 0 Å². The van der Waals surface area contributed by atoms with Crippen LogP contribution < -0.4 is 5.32 Å². The highest BCUT2D eigenvalue weighted by atomic mass is 32.1. The highest BCUT2D eigenvalue weighted by Gasteiger charge is 2.27. The van der Waals surface area contributed by atoms with Gasteiger partial charge in [0.2, 0.25) is 5.91 Å². The highest BCUT2D eigenvalue weighted by molar-refractivity contribution is 7.80. The monoisotopic (exact) mass is 375 g/mol. The minimum Gasteiger partial charge on any atom is -0.346 e. The van der Waals surface area contributed by atoms with Crippen molar-refractivity contribution in [1.29, 1.82) is 0 Å². The van der Waals surface area contributed by atoms with Crippen LogP contribution in [0.2, 0.25) is 0 Å². The first-order valence-corrected chi connectivity index (χ1v) is 10.1. The SMILES string of the molecule is CC(=O)N1CCC(N(CCC(C)C)C(=S)Nc2c(C)cccc2C)CC1. The third kappa shape index (κ3) is 5.44. The van der Waals surface area contributed by atoms with Crippen LogP contribution in [0.3, 0.4) is 0 Å². The number of anilines is 1. The molecule has 1 heterocycles. The van der Waals surface area contributed by atoms with Crippen molar-refractivity contribution in [2.75, 3.05) is 25.0 Å². The Kier molecular flexibility index (Phi) is 7.44. The van der Waals surface area contributed by atoms with Crippen LogP contribution >= 0.6 is 12.2 Å². The number of hydrogen-bond acceptors (Lipinski definition) is 2. The summed E-state index contributed by atoms with van der Waals surface area (Å²) < 4.78 is 0. The fourth-order valence-corrected chi connectivity index (χ4v) is 3.87. The van der Waals surface area contributed by atoms with Crippen molar-refractivity contribution >= 4 is 28.9 Å². The van der Waals surface area contributed by atoms with Crippen LogP contribution in [0, 0.1) is 19.8 Å². The first-order valence-electron chi connectivity index (χ1n) is 9.69.